The second kappa shape index (κ2) is 8.23. The standard InChI is InChI=1S/C18H24Cl2N2O3/c1-21-5-4-13(23)11-16(21)17(12-2-3-14(19)15(20)10-12)18(24)22-6-8-25-9-7-22/h2-3,10,13,16-17,23H,4-9,11H2,1H3. The number of morpholine rings is 1. The van der Waals surface area contributed by atoms with E-state index in [-0.39, 0.29) is 24.0 Å². The van der Waals surface area contributed by atoms with Gasteiger partial charge < -0.3 is 19.6 Å². The number of rotatable bonds is 3. The van der Waals surface area contributed by atoms with E-state index in [2.05, 4.69) is 4.90 Å². The van der Waals surface area contributed by atoms with Crippen molar-refractivity contribution in [2.45, 2.75) is 30.9 Å². The SMILES string of the molecule is CN1CCC(O)CC1C(C(=O)N1CCOCC1)c1ccc(Cl)c(Cl)c1. The average Bonchev–Trinajstić information content (AvgIpc) is 2.62. The van der Waals surface area contributed by atoms with Gasteiger partial charge in [-0.1, -0.05) is 29.3 Å². The molecular formula is C18H24Cl2N2O3. The second-order valence-electron chi connectivity index (χ2n) is 6.82. The number of benzene rings is 1. The Balaban J connectivity index is 1.94. The molecule has 0 radical (unpaired) electrons. The quantitative estimate of drug-likeness (QED) is 0.866. The molecule has 3 unspecified atom stereocenters. The normalized spacial score (nSPS) is 26.5. The summed E-state index contributed by atoms with van der Waals surface area (Å²) in [6, 6.07) is 5.31. The molecule has 1 aromatic rings. The van der Waals surface area contributed by atoms with Crippen molar-refractivity contribution in [1.29, 1.82) is 0 Å². The third-order valence-corrected chi connectivity index (χ3v) is 5.91. The molecule has 2 aliphatic rings. The van der Waals surface area contributed by atoms with Crippen molar-refractivity contribution in [2.75, 3.05) is 39.9 Å². The molecule has 2 fully saturated rings. The Morgan fingerprint density at radius 3 is 2.64 bits per heavy atom. The van der Waals surface area contributed by atoms with Crippen molar-refractivity contribution < 1.29 is 14.6 Å². The molecule has 2 heterocycles. The van der Waals surface area contributed by atoms with Crippen LogP contribution in [0.1, 0.15) is 24.3 Å². The van der Waals surface area contributed by atoms with Crippen LogP contribution >= 0.6 is 23.2 Å². The number of carbonyl (C=O) groups excluding carboxylic acids is 1. The Labute approximate surface area is 158 Å². The minimum Gasteiger partial charge on any atom is -0.393 e. The number of nitrogens with zero attached hydrogens (tertiary/aromatic N) is 2. The van der Waals surface area contributed by atoms with Gasteiger partial charge in [-0.15, -0.1) is 0 Å². The lowest BCUT2D eigenvalue weighted by molar-refractivity contribution is -0.139. The highest BCUT2D eigenvalue weighted by atomic mass is 35.5. The van der Waals surface area contributed by atoms with Gasteiger partial charge in [0.2, 0.25) is 5.91 Å². The monoisotopic (exact) mass is 386 g/mol. The van der Waals surface area contributed by atoms with Crippen LogP contribution in [-0.4, -0.2) is 72.9 Å². The molecule has 2 saturated heterocycles. The summed E-state index contributed by atoms with van der Waals surface area (Å²) in [6.45, 7) is 3.07. The highest BCUT2D eigenvalue weighted by Crippen LogP contribution is 2.34. The maximum atomic E-state index is 13.3. The number of aliphatic hydroxyl groups is 1. The van der Waals surface area contributed by atoms with E-state index >= 15 is 0 Å². The lowest BCUT2D eigenvalue weighted by atomic mass is 9.83. The van der Waals surface area contributed by atoms with Crippen molar-refractivity contribution in [3.63, 3.8) is 0 Å². The van der Waals surface area contributed by atoms with Crippen LogP contribution < -0.4 is 0 Å². The van der Waals surface area contributed by atoms with Crippen LogP contribution in [0.5, 0.6) is 0 Å². The zero-order valence-corrected chi connectivity index (χ0v) is 15.8. The summed E-state index contributed by atoms with van der Waals surface area (Å²) in [6.07, 6.45) is 0.911. The number of likely N-dealkylation sites (N-methyl/N-ethyl adjacent to an activating group) is 1. The van der Waals surface area contributed by atoms with E-state index < -0.39 is 0 Å². The molecule has 5 nitrogen and oxygen atoms in total. The molecule has 0 saturated carbocycles. The summed E-state index contributed by atoms with van der Waals surface area (Å²) < 4.78 is 5.37. The second-order valence-corrected chi connectivity index (χ2v) is 7.63. The number of piperidine rings is 1. The molecule has 3 atom stereocenters. The van der Waals surface area contributed by atoms with E-state index in [1.54, 1.807) is 12.1 Å². The predicted molar refractivity (Wildman–Crippen MR) is 98.3 cm³/mol. The maximum Gasteiger partial charge on any atom is 0.231 e. The number of carbonyl (C=O) groups is 1. The predicted octanol–water partition coefficient (Wildman–Crippen LogP) is 2.39. The first-order chi connectivity index (χ1) is 12.0. The zero-order valence-electron chi connectivity index (χ0n) is 14.3. The summed E-state index contributed by atoms with van der Waals surface area (Å²) in [4.78, 5) is 17.4. The fraction of sp³-hybridized carbons (Fsp3) is 0.611. The third-order valence-electron chi connectivity index (χ3n) is 5.17. The summed E-state index contributed by atoms with van der Waals surface area (Å²) in [7, 11) is 2.01. The van der Waals surface area contributed by atoms with E-state index in [1.165, 1.54) is 0 Å². The van der Waals surface area contributed by atoms with Crippen LogP contribution in [0.15, 0.2) is 18.2 Å². The van der Waals surface area contributed by atoms with Crippen molar-refractivity contribution >= 4 is 29.1 Å². The fourth-order valence-corrected chi connectivity index (χ4v) is 4.01. The van der Waals surface area contributed by atoms with Crippen LogP contribution in [0.4, 0.5) is 0 Å². The third kappa shape index (κ3) is 4.29. The first-order valence-electron chi connectivity index (χ1n) is 8.67. The highest BCUT2D eigenvalue weighted by Gasteiger charge is 2.39. The van der Waals surface area contributed by atoms with E-state index in [9.17, 15) is 9.90 Å². The molecule has 0 aromatic heterocycles. The summed E-state index contributed by atoms with van der Waals surface area (Å²) in [5, 5.41) is 11.1. The van der Waals surface area contributed by atoms with Gasteiger partial charge in [0, 0.05) is 25.7 Å². The van der Waals surface area contributed by atoms with Gasteiger partial charge in [0.1, 0.15) is 0 Å². The Morgan fingerprint density at radius 1 is 1.24 bits per heavy atom. The molecule has 0 aliphatic carbocycles. The molecule has 1 N–H and O–H groups in total. The molecule has 1 amide bonds. The fourth-order valence-electron chi connectivity index (χ4n) is 3.70. The number of aliphatic hydroxyl groups excluding tert-OH is 1. The van der Waals surface area contributed by atoms with Gasteiger partial charge in [-0.2, -0.15) is 0 Å². The Hall–Kier alpha value is -0.850. The molecular weight excluding hydrogens is 363 g/mol. The minimum atomic E-state index is -0.385. The van der Waals surface area contributed by atoms with Crippen molar-refractivity contribution in [1.82, 2.24) is 9.80 Å². The van der Waals surface area contributed by atoms with Crippen LogP contribution in [-0.2, 0) is 9.53 Å². The molecule has 1 aromatic carbocycles. The Bertz CT molecular complexity index is 622. The molecule has 0 bridgehead atoms. The number of hydrogen-bond acceptors (Lipinski definition) is 4. The van der Waals surface area contributed by atoms with Crippen molar-refractivity contribution in [3.05, 3.63) is 33.8 Å². The smallest absolute Gasteiger partial charge is 0.231 e. The van der Waals surface area contributed by atoms with Gasteiger partial charge >= 0.3 is 0 Å². The van der Waals surface area contributed by atoms with Gasteiger partial charge in [-0.3, -0.25) is 4.79 Å². The Morgan fingerprint density at radius 2 is 1.96 bits per heavy atom. The lowest BCUT2D eigenvalue weighted by Gasteiger charge is -2.41. The van der Waals surface area contributed by atoms with Crippen LogP contribution in [0.3, 0.4) is 0 Å². The number of likely N-dealkylation sites (tertiary alicyclic amines) is 1. The molecule has 138 valence electrons. The summed E-state index contributed by atoms with van der Waals surface area (Å²) >= 11 is 12.3. The topological polar surface area (TPSA) is 53.0 Å². The van der Waals surface area contributed by atoms with Crippen LogP contribution in [0.2, 0.25) is 10.0 Å². The highest BCUT2D eigenvalue weighted by molar-refractivity contribution is 6.42. The largest absolute Gasteiger partial charge is 0.393 e. The molecule has 3 rings (SSSR count). The van der Waals surface area contributed by atoms with Gasteiger partial charge in [-0.25, -0.2) is 0 Å². The van der Waals surface area contributed by atoms with E-state index in [0.29, 0.717) is 42.8 Å². The van der Waals surface area contributed by atoms with Crippen molar-refractivity contribution in [3.8, 4) is 0 Å². The minimum absolute atomic E-state index is 0.0626. The summed E-state index contributed by atoms with van der Waals surface area (Å²) in [5.74, 6) is -0.319. The number of ether oxygens (including phenoxy) is 1. The van der Waals surface area contributed by atoms with Crippen LogP contribution in [0, 0.1) is 0 Å². The summed E-state index contributed by atoms with van der Waals surface area (Å²) in [5.41, 5.74) is 0.844. The number of amides is 1. The number of halogens is 2. The Kier molecular flexibility index (Phi) is 6.23. The van der Waals surface area contributed by atoms with E-state index in [4.69, 9.17) is 27.9 Å². The average molecular weight is 387 g/mol. The molecule has 2 aliphatic heterocycles. The molecule has 0 spiro atoms. The lowest BCUT2D eigenvalue weighted by Crippen LogP contribution is -2.52. The van der Waals surface area contributed by atoms with Gasteiger partial charge in [0.05, 0.1) is 35.3 Å². The van der Waals surface area contributed by atoms with E-state index in [0.717, 1.165) is 18.5 Å². The zero-order chi connectivity index (χ0) is 18.0. The maximum absolute atomic E-state index is 13.3. The van der Waals surface area contributed by atoms with E-state index in [1.807, 2.05) is 18.0 Å². The molecule has 7 heteroatoms. The first kappa shape index (κ1) is 18.9. The van der Waals surface area contributed by atoms with Gasteiger partial charge in [0.15, 0.2) is 0 Å². The number of hydrogen-bond donors (Lipinski definition) is 1. The molecule has 25 heavy (non-hydrogen) atoms. The van der Waals surface area contributed by atoms with Gasteiger partial charge in [-0.05, 0) is 37.6 Å². The van der Waals surface area contributed by atoms with Crippen molar-refractivity contribution in [2.24, 2.45) is 0 Å². The first-order valence-corrected chi connectivity index (χ1v) is 9.42. The van der Waals surface area contributed by atoms with Gasteiger partial charge in [0.25, 0.3) is 0 Å². The van der Waals surface area contributed by atoms with Crippen LogP contribution in [0.25, 0.3) is 0 Å².